The molecule has 0 saturated heterocycles. The first-order valence-corrected chi connectivity index (χ1v) is 10.5. The molecule has 4 aliphatic carbocycles. The molecule has 136 valence electrons. The number of aliphatic hydroxyl groups is 1. The van der Waals surface area contributed by atoms with Crippen molar-refractivity contribution in [2.75, 3.05) is 0 Å². The monoisotopic (exact) mass is 346 g/mol. The summed E-state index contributed by atoms with van der Waals surface area (Å²) < 4.78 is 0. The van der Waals surface area contributed by atoms with Gasteiger partial charge in [-0.2, -0.15) is 0 Å². The average molecular weight is 347 g/mol. The van der Waals surface area contributed by atoms with E-state index >= 15 is 0 Å². The third-order valence-electron chi connectivity index (χ3n) is 7.66. The lowest BCUT2D eigenvalue weighted by atomic mass is 9.47. The topological polar surface area (TPSA) is 20.2 Å². The number of hydrogen-bond acceptors (Lipinski definition) is 1. The zero-order valence-electron chi connectivity index (χ0n) is 15.6. The minimum absolute atomic E-state index is 0.179. The maximum absolute atomic E-state index is 11.5. The van der Waals surface area contributed by atoms with Crippen LogP contribution in [0.1, 0.15) is 62.0 Å². The first-order chi connectivity index (χ1) is 12.7. The van der Waals surface area contributed by atoms with Crippen molar-refractivity contribution in [2.45, 2.75) is 57.0 Å². The molecule has 1 N–H and O–H groups in total. The molecule has 0 radical (unpaired) electrons. The van der Waals surface area contributed by atoms with Crippen molar-refractivity contribution in [1.29, 1.82) is 0 Å². The lowest BCUT2D eigenvalue weighted by molar-refractivity contribution is -0.122. The van der Waals surface area contributed by atoms with E-state index in [0.717, 1.165) is 24.2 Å². The first-order valence-electron chi connectivity index (χ1n) is 10.5. The van der Waals surface area contributed by atoms with E-state index < -0.39 is 0 Å². The minimum Gasteiger partial charge on any atom is -0.393 e. The molecule has 1 atom stereocenters. The van der Waals surface area contributed by atoms with Crippen LogP contribution >= 0.6 is 0 Å². The summed E-state index contributed by atoms with van der Waals surface area (Å²) in [7, 11) is 0. The Bertz CT molecular complexity index is 660. The molecule has 0 aromatic heterocycles. The molecule has 0 aliphatic heterocycles. The van der Waals surface area contributed by atoms with Crippen LogP contribution in [0.4, 0.5) is 0 Å². The van der Waals surface area contributed by atoms with Crippen LogP contribution in [-0.4, -0.2) is 11.2 Å². The summed E-state index contributed by atoms with van der Waals surface area (Å²) >= 11 is 0. The minimum atomic E-state index is -0.179. The fourth-order valence-electron chi connectivity index (χ4n) is 6.89. The van der Waals surface area contributed by atoms with E-state index in [2.05, 4.69) is 60.7 Å². The van der Waals surface area contributed by atoms with E-state index in [1.807, 2.05) is 0 Å². The molecule has 1 heteroatoms. The third-order valence-corrected chi connectivity index (χ3v) is 7.66. The fourth-order valence-corrected chi connectivity index (χ4v) is 6.89. The molecule has 4 bridgehead atoms. The van der Waals surface area contributed by atoms with E-state index in [9.17, 15) is 5.11 Å². The quantitative estimate of drug-likeness (QED) is 0.727. The molecule has 2 aromatic carbocycles. The molecule has 1 unspecified atom stereocenters. The van der Waals surface area contributed by atoms with Crippen LogP contribution in [0.2, 0.25) is 0 Å². The highest BCUT2D eigenvalue weighted by Crippen LogP contribution is 2.62. The van der Waals surface area contributed by atoms with Crippen LogP contribution in [-0.2, 0) is 0 Å². The second kappa shape index (κ2) is 6.53. The van der Waals surface area contributed by atoms with E-state index in [4.69, 9.17) is 0 Å². The molecule has 6 rings (SSSR count). The van der Waals surface area contributed by atoms with Crippen LogP contribution in [0.15, 0.2) is 60.7 Å². The number of benzene rings is 2. The SMILES string of the molecule is OC(CC(c1ccccc1)c1ccccc1)C12CC3CC(CC(C3)C1)C2. The Morgan fingerprint density at radius 2 is 1.15 bits per heavy atom. The van der Waals surface area contributed by atoms with Gasteiger partial charge >= 0.3 is 0 Å². The maximum atomic E-state index is 11.5. The second-order valence-electron chi connectivity index (χ2n) is 9.41. The van der Waals surface area contributed by atoms with Crippen molar-refractivity contribution in [3.05, 3.63) is 71.8 Å². The van der Waals surface area contributed by atoms with Gasteiger partial charge in [-0.25, -0.2) is 0 Å². The third kappa shape index (κ3) is 2.91. The van der Waals surface area contributed by atoms with E-state index in [1.54, 1.807) is 0 Å². The van der Waals surface area contributed by atoms with Crippen molar-refractivity contribution in [3.8, 4) is 0 Å². The zero-order chi connectivity index (χ0) is 17.6. The van der Waals surface area contributed by atoms with Crippen LogP contribution in [0, 0.1) is 23.2 Å². The van der Waals surface area contributed by atoms with Gasteiger partial charge < -0.3 is 5.11 Å². The molecule has 0 amide bonds. The van der Waals surface area contributed by atoms with Gasteiger partial charge in [-0.1, -0.05) is 60.7 Å². The summed E-state index contributed by atoms with van der Waals surface area (Å²) in [6.45, 7) is 0. The van der Waals surface area contributed by atoms with Crippen LogP contribution in [0.25, 0.3) is 0 Å². The summed E-state index contributed by atoms with van der Waals surface area (Å²) in [6, 6.07) is 21.6. The van der Waals surface area contributed by atoms with Crippen molar-refractivity contribution in [2.24, 2.45) is 23.2 Å². The number of rotatable bonds is 5. The molecule has 4 aliphatic rings. The molecule has 26 heavy (non-hydrogen) atoms. The lowest BCUT2D eigenvalue weighted by Crippen LogP contribution is -2.52. The molecule has 0 spiro atoms. The maximum Gasteiger partial charge on any atom is 0.0605 e. The first kappa shape index (κ1) is 16.6. The Morgan fingerprint density at radius 3 is 1.58 bits per heavy atom. The van der Waals surface area contributed by atoms with E-state index in [-0.39, 0.29) is 11.5 Å². The Kier molecular flexibility index (Phi) is 4.16. The standard InChI is InChI=1S/C25H30O/c26-24(25-15-18-11-19(16-25)13-20(12-18)17-25)14-23(21-7-3-1-4-8-21)22-9-5-2-6-10-22/h1-10,18-20,23-24,26H,11-17H2. The van der Waals surface area contributed by atoms with Gasteiger partial charge in [-0.3, -0.25) is 0 Å². The summed E-state index contributed by atoms with van der Waals surface area (Å²) in [4.78, 5) is 0. The Labute approximate surface area is 157 Å². The van der Waals surface area contributed by atoms with Crippen molar-refractivity contribution in [3.63, 3.8) is 0 Å². The van der Waals surface area contributed by atoms with Crippen molar-refractivity contribution < 1.29 is 5.11 Å². The number of hydrogen-bond donors (Lipinski definition) is 1. The van der Waals surface area contributed by atoms with Gasteiger partial charge in [0, 0.05) is 5.92 Å². The fraction of sp³-hybridized carbons (Fsp3) is 0.520. The molecular formula is C25H30O. The Balaban J connectivity index is 1.43. The van der Waals surface area contributed by atoms with Gasteiger partial charge in [-0.15, -0.1) is 0 Å². The largest absolute Gasteiger partial charge is 0.393 e. The predicted octanol–water partition coefficient (Wildman–Crippen LogP) is 5.79. The molecule has 0 heterocycles. The smallest absolute Gasteiger partial charge is 0.0605 e. The van der Waals surface area contributed by atoms with E-state index in [1.165, 1.54) is 49.7 Å². The molecule has 4 saturated carbocycles. The predicted molar refractivity (Wildman–Crippen MR) is 106 cm³/mol. The van der Waals surface area contributed by atoms with Crippen LogP contribution < -0.4 is 0 Å². The highest BCUT2D eigenvalue weighted by Gasteiger charge is 2.54. The van der Waals surface area contributed by atoms with Crippen LogP contribution in [0.3, 0.4) is 0 Å². The van der Waals surface area contributed by atoms with Crippen LogP contribution in [0.5, 0.6) is 0 Å². The lowest BCUT2D eigenvalue weighted by Gasteiger charge is -2.58. The van der Waals surface area contributed by atoms with Gasteiger partial charge in [0.1, 0.15) is 0 Å². The molecular weight excluding hydrogens is 316 g/mol. The highest BCUT2D eigenvalue weighted by atomic mass is 16.3. The van der Waals surface area contributed by atoms with Gasteiger partial charge in [0.05, 0.1) is 6.10 Å². The van der Waals surface area contributed by atoms with Crippen molar-refractivity contribution in [1.82, 2.24) is 0 Å². The molecule has 2 aromatic rings. The van der Waals surface area contributed by atoms with Crippen molar-refractivity contribution >= 4 is 0 Å². The summed E-state index contributed by atoms with van der Waals surface area (Å²) in [6.07, 6.45) is 8.82. The summed E-state index contributed by atoms with van der Waals surface area (Å²) in [5.74, 6) is 2.97. The van der Waals surface area contributed by atoms with Gasteiger partial charge in [0.15, 0.2) is 0 Å². The van der Waals surface area contributed by atoms with Gasteiger partial charge in [0.25, 0.3) is 0 Å². The Hall–Kier alpha value is -1.60. The van der Waals surface area contributed by atoms with Gasteiger partial charge in [-0.05, 0) is 79.2 Å². The second-order valence-corrected chi connectivity index (χ2v) is 9.41. The molecule has 1 nitrogen and oxygen atoms in total. The average Bonchev–Trinajstić information content (AvgIpc) is 2.66. The normalized spacial score (nSPS) is 33.5. The van der Waals surface area contributed by atoms with E-state index in [0.29, 0.717) is 5.92 Å². The Morgan fingerprint density at radius 1 is 0.731 bits per heavy atom. The highest BCUT2D eigenvalue weighted by molar-refractivity contribution is 5.32. The summed E-state index contributed by atoms with van der Waals surface area (Å²) in [5.41, 5.74) is 2.88. The molecule has 4 fully saturated rings. The summed E-state index contributed by atoms with van der Waals surface area (Å²) in [5, 5.41) is 11.5. The number of aliphatic hydroxyl groups excluding tert-OH is 1. The van der Waals surface area contributed by atoms with Gasteiger partial charge in [0.2, 0.25) is 0 Å². The zero-order valence-corrected chi connectivity index (χ0v) is 15.6.